The van der Waals surface area contributed by atoms with Crippen LogP contribution in [0.3, 0.4) is 0 Å². The minimum atomic E-state index is -3.86. The van der Waals surface area contributed by atoms with E-state index in [0.717, 1.165) is 34.1 Å². The number of nitrogens with one attached hydrogen (secondary N) is 4. The van der Waals surface area contributed by atoms with Crippen LogP contribution in [-0.4, -0.2) is 50.3 Å². The molecule has 4 atom stereocenters. The lowest BCUT2D eigenvalue weighted by Crippen LogP contribution is -2.47. The van der Waals surface area contributed by atoms with Gasteiger partial charge in [-0.05, 0) is 86.7 Å². The number of nitrogens with zero attached hydrogens (tertiary/aromatic N) is 2. The Hall–Kier alpha value is -4.31. The zero-order valence-electron chi connectivity index (χ0n) is 30.7. The molecule has 1 fully saturated rings. The van der Waals surface area contributed by atoms with Crippen molar-refractivity contribution < 1.29 is 22.8 Å². The third-order valence-corrected chi connectivity index (χ3v) is 12.2. The number of rotatable bonds is 16. The predicted octanol–water partition coefficient (Wildman–Crippen LogP) is 6.44. The molecule has 0 spiro atoms. The Morgan fingerprint density at radius 1 is 0.889 bits per heavy atom. The largest absolute Gasteiger partial charge is 0.399 e. The molecule has 15 heteroatoms. The van der Waals surface area contributed by atoms with Crippen molar-refractivity contribution in [2.45, 2.75) is 77.4 Å². The SMILES string of the molecule is C[C@H](CCCC[C@H](Cc1cscn1)NC(=O)c1cc(C(=O)N[C@H](C)c2ccc(Br)cc2)cc(N2CCCNS2(=O)=O)c1)C(=O)N[C@H](C)c1ccc(N)cc1. The number of aromatic nitrogens is 1. The Morgan fingerprint density at radius 3 is 2.13 bits per heavy atom. The Bertz CT molecular complexity index is 1990. The number of carbonyl (C=O) groups is 3. The third kappa shape index (κ3) is 11.4. The summed E-state index contributed by atoms with van der Waals surface area (Å²) in [4.78, 5) is 45.0. The van der Waals surface area contributed by atoms with Gasteiger partial charge in [-0.3, -0.25) is 18.7 Å². The number of nitrogens with two attached hydrogens (primary N) is 1. The molecule has 0 aliphatic carbocycles. The fraction of sp³-hybridized carbons (Fsp3) is 0.385. The molecule has 5 rings (SSSR count). The fourth-order valence-electron chi connectivity index (χ4n) is 6.30. The average Bonchev–Trinajstić information content (AvgIpc) is 3.66. The minimum Gasteiger partial charge on any atom is -0.399 e. The van der Waals surface area contributed by atoms with E-state index in [4.69, 9.17) is 5.73 Å². The van der Waals surface area contributed by atoms with E-state index in [9.17, 15) is 22.8 Å². The molecule has 1 aliphatic rings. The van der Waals surface area contributed by atoms with Crippen LogP contribution < -0.4 is 30.7 Å². The molecule has 54 heavy (non-hydrogen) atoms. The van der Waals surface area contributed by atoms with E-state index < -0.39 is 22.0 Å². The normalized spacial score (nSPS) is 16.1. The van der Waals surface area contributed by atoms with Crippen LogP contribution in [0.15, 0.2) is 82.1 Å². The quantitative estimate of drug-likeness (QED) is 0.0638. The van der Waals surface area contributed by atoms with Gasteiger partial charge in [0.2, 0.25) is 5.91 Å². The number of thiazole rings is 1. The van der Waals surface area contributed by atoms with E-state index in [2.05, 4.69) is 41.6 Å². The molecule has 0 radical (unpaired) electrons. The molecule has 1 saturated heterocycles. The number of anilines is 2. The lowest BCUT2D eigenvalue weighted by atomic mass is 9.98. The Balaban J connectivity index is 1.28. The summed E-state index contributed by atoms with van der Waals surface area (Å²) < 4.78 is 30.7. The van der Waals surface area contributed by atoms with E-state index in [1.54, 1.807) is 5.51 Å². The van der Waals surface area contributed by atoms with E-state index in [-0.39, 0.29) is 53.3 Å². The Morgan fingerprint density at radius 2 is 1.50 bits per heavy atom. The minimum absolute atomic E-state index is 0.0245. The molecule has 0 saturated carbocycles. The lowest BCUT2D eigenvalue weighted by molar-refractivity contribution is -0.125. The second kappa shape index (κ2) is 18.8. The van der Waals surface area contributed by atoms with Crippen molar-refractivity contribution in [2.75, 3.05) is 23.1 Å². The molecule has 3 aromatic carbocycles. The third-order valence-electron chi connectivity index (χ3n) is 9.52. The molecule has 3 amide bonds. The summed E-state index contributed by atoms with van der Waals surface area (Å²) in [5.74, 6) is -1.10. The van der Waals surface area contributed by atoms with Crippen molar-refractivity contribution in [1.29, 1.82) is 0 Å². The van der Waals surface area contributed by atoms with Gasteiger partial charge >= 0.3 is 10.2 Å². The van der Waals surface area contributed by atoms with Crippen molar-refractivity contribution in [1.82, 2.24) is 25.7 Å². The summed E-state index contributed by atoms with van der Waals surface area (Å²) in [6, 6.07) is 18.8. The highest BCUT2D eigenvalue weighted by atomic mass is 79.9. The summed E-state index contributed by atoms with van der Waals surface area (Å²) in [6.45, 7) is 6.23. The maximum atomic E-state index is 14.0. The van der Waals surface area contributed by atoms with Crippen LogP contribution >= 0.6 is 27.3 Å². The van der Waals surface area contributed by atoms with Gasteiger partial charge in [-0.15, -0.1) is 11.3 Å². The summed E-state index contributed by atoms with van der Waals surface area (Å²) in [5.41, 5.74) is 11.5. The van der Waals surface area contributed by atoms with Gasteiger partial charge < -0.3 is 21.7 Å². The molecule has 0 unspecified atom stereocenters. The van der Waals surface area contributed by atoms with Gasteiger partial charge in [0.1, 0.15) is 0 Å². The number of unbranched alkanes of at least 4 members (excludes halogenated alkanes) is 1. The Kier molecular flexibility index (Phi) is 14.2. The predicted molar refractivity (Wildman–Crippen MR) is 217 cm³/mol. The van der Waals surface area contributed by atoms with Crippen LogP contribution in [0, 0.1) is 5.92 Å². The van der Waals surface area contributed by atoms with Gasteiger partial charge in [-0.25, -0.2) is 4.98 Å². The summed E-state index contributed by atoms with van der Waals surface area (Å²) in [6.07, 6.45) is 3.88. The van der Waals surface area contributed by atoms with Crippen LogP contribution in [0.5, 0.6) is 0 Å². The van der Waals surface area contributed by atoms with Gasteiger partial charge in [-0.2, -0.15) is 13.1 Å². The molecule has 6 N–H and O–H groups in total. The molecule has 12 nitrogen and oxygen atoms in total. The molecular formula is C39H48BrN7O5S2. The van der Waals surface area contributed by atoms with Gasteiger partial charge in [-0.1, -0.05) is 60.0 Å². The molecule has 1 aliphatic heterocycles. The van der Waals surface area contributed by atoms with E-state index >= 15 is 0 Å². The van der Waals surface area contributed by atoms with E-state index in [0.29, 0.717) is 37.9 Å². The first-order valence-corrected chi connectivity index (χ1v) is 21.3. The van der Waals surface area contributed by atoms with Crippen LogP contribution in [0.2, 0.25) is 0 Å². The van der Waals surface area contributed by atoms with Crippen molar-refractivity contribution >= 4 is 66.6 Å². The fourth-order valence-corrected chi connectivity index (χ4v) is 8.45. The van der Waals surface area contributed by atoms with Gasteiger partial charge in [0.05, 0.1) is 29.0 Å². The maximum absolute atomic E-state index is 14.0. The number of amides is 3. The molecule has 288 valence electrons. The zero-order chi connectivity index (χ0) is 38.8. The van der Waals surface area contributed by atoms with Crippen molar-refractivity contribution in [3.05, 3.63) is 110 Å². The van der Waals surface area contributed by atoms with Crippen LogP contribution in [0.1, 0.15) is 102 Å². The summed E-state index contributed by atoms with van der Waals surface area (Å²) in [5, 5.41) is 11.1. The standard InChI is InChI=1S/C39H48BrN7O5S2/c1-25(37(48)44-26(2)29-11-15-33(41)16-12-29)7-4-5-8-34(22-35-23-53-24-42-35)46-39(50)31-19-30(20-36(21-31)47-18-6-17-43-54(47,51)52)38(49)45-27(3)28-9-13-32(40)14-10-28/h9-16,19-21,23-27,34,43H,4-8,17-18,22,41H2,1-3H3,(H,44,48)(H,45,49)(H,46,50)/t25-,26-,27-,34-/m1/s1. The number of nitrogen functional groups attached to an aromatic ring is 1. The average molecular weight is 839 g/mol. The lowest BCUT2D eigenvalue weighted by Gasteiger charge is -2.29. The van der Waals surface area contributed by atoms with Crippen LogP contribution in [0.25, 0.3) is 0 Å². The number of benzene rings is 3. The highest BCUT2D eigenvalue weighted by Gasteiger charge is 2.28. The van der Waals surface area contributed by atoms with Crippen molar-refractivity contribution in [3.8, 4) is 0 Å². The second-order valence-corrected chi connectivity index (χ2v) is 17.1. The van der Waals surface area contributed by atoms with E-state index in [1.165, 1.54) is 33.8 Å². The highest BCUT2D eigenvalue weighted by Crippen LogP contribution is 2.26. The number of halogens is 1. The van der Waals surface area contributed by atoms with E-state index in [1.807, 2.05) is 74.7 Å². The van der Waals surface area contributed by atoms with Crippen LogP contribution in [0.4, 0.5) is 11.4 Å². The van der Waals surface area contributed by atoms with Crippen molar-refractivity contribution in [2.24, 2.45) is 5.92 Å². The topological polar surface area (TPSA) is 176 Å². The monoisotopic (exact) mass is 837 g/mol. The molecule has 2 heterocycles. The van der Waals surface area contributed by atoms with Gasteiger partial charge in [0.25, 0.3) is 11.8 Å². The molecule has 4 aromatic rings. The maximum Gasteiger partial charge on any atom is 0.301 e. The van der Waals surface area contributed by atoms with Crippen LogP contribution in [-0.2, 0) is 21.4 Å². The highest BCUT2D eigenvalue weighted by molar-refractivity contribution is 9.10. The first kappa shape index (κ1) is 40.9. The van der Waals surface area contributed by atoms with Gasteiger partial charge in [0.15, 0.2) is 0 Å². The zero-order valence-corrected chi connectivity index (χ0v) is 33.9. The molecule has 0 bridgehead atoms. The number of hydrogen-bond acceptors (Lipinski definition) is 8. The number of carbonyl (C=O) groups excluding carboxylic acids is 3. The van der Waals surface area contributed by atoms with Gasteiger partial charge in [0, 0.05) is 58.1 Å². The first-order valence-electron chi connectivity index (χ1n) is 18.1. The van der Waals surface area contributed by atoms with Crippen molar-refractivity contribution in [3.63, 3.8) is 0 Å². The summed E-state index contributed by atoms with van der Waals surface area (Å²) >= 11 is 4.90. The summed E-state index contributed by atoms with van der Waals surface area (Å²) in [7, 11) is -3.86. The molecule has 1 aromatic heterocycles. The second-order valence-electron chi connectivity index (χ2n) is 13.8. The first-order chi connectivity index (χ1) is 25.8. The number of hydrogen-bond donors (Lipinski definition) is 5. The molecular weight excluding hydrogens is 791 g/mol. The Labute approximate surface area is 330 Å². The smallest absolute Gasteiger partial charge is 0.301 e.